The van der Waals surface area contributed by atoms with Gasteiger partial charge in [0, 0.05) is 34.3 Å². The number of anilines is 1. The molecule has 0 fully saturated rings. The predicted octanol–water partition coefficient (Wildman–Crippen LogP) is 5.80. The highest BCUT2D eigenvalue weighted by atomic mass is 32.1. The van der Waals surface area contributed by atoms with Crippen molar-refractivity contribution in [3.05, 3.63) is 77.6 Å². The van der Waals surface area contributed by atoms with Crippen LogP contribution in [0.25, 0.3) is 16.9 Å². The van der Waals surface area contributed by atoms with Crippen molar-refractivity contribution in [3.63, 3.8) is 0 Å². The fourth-order valence-corrected chi connectivity index (χ4v) is 3.22. The van der Waals surface area contributed by atoms with Gasteiger partial charge >= 0.3 is 0 Å². The molecule has 31 heavy (non-hydrogen) atoms. The van der Waals surface area contributed by atoms with Crippen molar-refractivity contribution >= 4 is 29.7 Å². The third kappa shape index (κ3) is 5.33. The van der Waals surface area contributed by atoms with Gasteiger partial charge in [0.1, 0.15) is 5.69 Å². The van der Waals surface area contributed by atoms with Gasteiger partial charge in [-0.15, -0.1) is 12.6 Å². The van der Waals surface area contributed by atoms with Crippen molar-refractivity contribution in [1.82, 2.24) is 14.6 Å². The normalized spacial score (nSPS) is 11.6. The molecule has 1 atom stereocenters. The Morgan fingerprint density at radius 1 is 1.10 bits per heavy atom. The number of rotatable bonds is 4. The van der Waals surface area contributed by atoms with Crippen LogP contribution in [0.1, 0.15) is 41.9 Å². The molecule has 0 bridgehead atoms. The zero-order valence-corrected chi connectivity index (χ0v) is 19.2. The zero-order valence-electron chi connectivity index (χ0n) is 18.3. The number of carbonyl (C=O) groups is 1. The number of aromatic nitrogens is 3. The maximum absolute atomic E-state index is 12.4. The predicted molar refractivity (Wildman–Crippen MR) is 130 cm³/mol. The van der Waals surface area contributed by atoms with Gasteiger partial charge in [-0.1, -0.05) is 43.7 Å². The van der Waals surface area contributed by atoms with Crippen LogP contribution >= 0.6 is 12.6 Å². The van der Waals surface area contributed by atoms with Crippen LogP contribution in [0.15, 0.2) is 65.7 Å². The number of nitrogen functional groups attached to an aromatic ring is 1. The van der Waals surface area contributed by atoms with E-state index in [0.29, 0.717) is 11.3 Å². The number of hydrogen-bond acceptors (Lipinski definition) is 5. The van der Waals surface area contributed by atoms with Gasteiger partial charge in [0.15, 0.2) is 11.4 Å². The van der Waals surface area contributed by atoms with Crippen molar-refractivity contribution in [2.24, 2.45) is 5.92 Å². The second-order valence-corrected chi connectivity index (χ2v) is 8.20. The number of carbonyl (C=O) groups excluding carboxylic acids is 1. The highest BCUT2D eigenvalue weighted by molar-refractivity contribution is 7.80. The molecule has 2 N–H and O–H groups in total. The molecule has 0 radical (unpaired) electrons. The Morgan fingerprint density at radius 3 is 2.42 bits per heavy atom. The average molecular weight is 433 g/mol. The summed E-state index contributed by atoms with van der Waals surface area (Å²) in [7, 11) is 0. The molecule has 0 aliphatic heterocycles. The van der Waals surface area contributed by atoms with Gasteiger partial charge in [-0.05, 0) is 50.1 Å². The van der Waals surface area contributed by atoms with Crippen molar-refractivity contribution in [2.45, 2.75) is 39.0 Å². The van der Waals surface area contributed by atoms with Crippen LogP contribution in [0.3, 0.4) is 0 Å². The van der Waals surface area contributed by atoms with Crippen LogP contribution in [0.5, 0.6) is 0 Å². The molecule has 2 aromatic heterocycles. The van der Waals surface area contributed by atoms with Crippen LogP contribution in [0.2, 0.25) is 0 Å². The van der Waals surface area contributed by atoms with Gasteiger partial charge in [0.05, 0.1) is 5.69 Å². The van der Waals surface area contributed by atoms with Crippen molar-refractivity contribution in [3.8, 4) is 11.3 Å². The second-order valence-electron chi connectivity index (χ2n) is 7.72. The third-order valence-corrected chi connectivity index (χ3v) is 5.73. The lowest BCUT2D eigenvalue weighted by atomic mass is 10.0. The molecule has 2 aromatic carbocycles. The summed E-state index contributed by atoms with van der Waals surface area (Å²) in [5.41, 5.74) is 11.7. The molecule has 2 heterocycles. The summed E-state index contributed by atoms with van der Waals surface area (Å²) in [6, 6.07) is 17.5. The largest absolute Gasteiger partial charge is 0.399 e. The number of aryl methyl sites for hydroxylation is 2. The molecule has 4 rings (SSSR count). The lowest BCUT2D eigenvalue weighted by Gasteiger charge is -2.07. The van der Waals surface area contributed by atoms with Crippen LogP contribution in [0.4, 0.5) is 5.69 Å². The number of nitrogens with zero attached hydrogens (tertiary/aromatic N) is 3. The van der Waals surface area contributed by atoms with Gasteiger partial charge in [-0.25, -0.2) is 9.50 Å². The Kier molecular flexibility index (Phi) is 7.13. The number of Topliss-reactive ketones (excluding diaryl/α,β-unsaturated/α-hetero) is 1. The van der Waals surface area contributed by atoms with Crippen molar-refractivity contribution < 1.29 is 4.79 Å². The van der Waals surface area contributed by atoms with Crippen LogP contribution in [-0.2, 0) is 0 Å². The Hall–Kier alpha value is -3.12. The first kappa shape index (κ1) is 22.6. The van der Waals surface area contributed by atoms with E-state index in [1.165, 1.54) is 5.56 Å². The summed E-state index contributed by atoms with van der Waals surface area (Å²) < 4.78 is 1.73. The standard InChI is InChI=1S/C18H19N3OS.C7H9N/c1-4-11(2)18(22)14-10-17-19-8-7-15(21(17)20-14)13-6-5-12(3)16(23)9-13;1-6-2-4-7(8)5-3-6/h5-11,23H,4H2,1-3H3;2-5H,8H2,1H3/t11-;/m1./s1. The molecule has 4 aromatic rings. The van der Waals surface area contributed by atoms with Gasteiger partial charge in [-0.3, -0.25) is 4.79 Å². The maximum Gasteiger partial charge on any atom is 0.185 e. The number of ketones is 1. The lowest BCUT2D eigenvalue weighted by molar-refractivity contribution is 0.0922. The minimum Gasteiger partial charge on any atom is -0.399 e. The second kappa shape index (κ2) is 9.79. The van der Waals surface area contributed by atoms with Crippen LogP contribution in [0, 0.1) is 19.8 Å². The van der Waals surface area contributed by atoms with Crippen LogP contribution in [-0.4, -0.2) is 20.4 Å². The molecule has 0 saturated carbocycles. The van der Waals surface area contributed by atoms with E-state index in [9.17, 15) is 4.79 Å². The maximum atomic E-state index is 12.4. The molecule has 6 heteroatoms. The quantitative estimate of drug-likeness (QED) is 0.243. The molecule has 0 amide bonds. The Bertz CT molecular complexity index is 1180. The molecule has 0 unspecified atom stereocenters. The number of hydrogen-bond donors (Lipinski definition) is 2. The third-order valence-electron chi connectivity index (χ3n) is 5.25. The molecule has 5 nitrogen and oxygen atoms in total. The summed E-state index contributed by atoms with van der Waals surface area (Å²) >= 11 is 4.49. The Labute approximate surface area is 188 Å². The highest BCUT2D eigenvalue weighted by Gasteiger charge is 2.18. The Morgan fingerprint density at radius 2 is 1.81 bits per heavy atom. The zero-order chi connectivity index (χ0) is 22.5. The highest BCUT2D eigenvalue weighted by Crippen LogP contribution is 2.25. The molecule has 0 aliphatic carbocycles. The number of fused-ring (bicyclic) bond motifs is 1. The smallest absolute Gasteiger partial charge is 0.185 e. The van der Waals surface area contributed by atoms with E-state index < -0.39 is 0 Å². The molecular weight excluding hydrogens is 404 g/mol. The summed E-state index contributed by atoms with van der Waals surface area (Å²) in [6.45, 7) is 7.99. The molecule has 160 valence electrons. The number of benzene rings is 2. The van der Waals surface area contributed by atoms with E-state index in [1.807, 2.05) is 76.2 Å². The molecule has 0 spiro atoms. The van der Waals surface area contributed by atoms with Gasteiger partial charge < -0.3 is 5.73 Å². The first-order valence-corrected chi connectivity index (χ1v) is 10.8. The number of nitrogens with two attached hydrogens (primary N) is 1. The van der Waals surface area contributed by atoms with Crippen molar-refractivity contribution in [2.75, 3.05) is 5.73 Å². The topological polar surface area (TPSA) is 73.3 Å². The summed E-state index contributed by atoms with van der Waals surface area (Å²) in [5, 5.41) is 4.49. The lowest BCUT2D eigenvalue weighted by Crippen LogP contribution is -2.11. The fourth-order valence-electron chi connectivity index (χ4n) is 3.01. The molecule has 0 saturated heterocycles. The monoisotopic (exact) mass is 432 g/mol. The Balaban J connectivity index is 0.000000287. The average Bonchev–Trinajstić information content (AvgIpc) is 3.21. The molecular formula is C25H28N4OS. The van der Waals surface area contributed by atoms with E-state index in [1.54, 1.807) is 16.8 Å². The van der Waals surface area contributed by atoms with Crippen LogP contribution < -0.4 is 5.73 Å². The van der Waals surface area contributed by atoms with Gasteiger partial charge in [0.2, 0.25) is 0 Å². The van der Waals surface area contributed by atoms with E-state index >= 15 is 0 Å². The summed E-state index contributed by atoms with van der Waals surface area (Å²) in [5.74, 6) is 0.0227. The van der Waals surface area contributed by atoms with E-state index in [2.05, 4.69) is 22.7 Å². The SMILES string of the molecule is CC[C@@H](C)C(=O)c1cc2nccc(-c3ccc(C)c(S)c3)n2n1.Cc1ccc(N)cc1. The number of thiol groups is 1. The van der Waals surface area contributed by atoms with E-state index in [4.69, 9.17) is 5.73 Å². The minimum atomic E-state index is -0.0354. The summed E-state index contributed by atoms with van der Waals surface area (Å²) in [4.78, 5) is 17.6. The van der Waals surface area contributed by atoms with Gasteiger partial charge in [-0.2, -0.15) is 5.10 Å². The van der Waals surface area contributed by atoms with Crippen molar-refractivity contribution in [1.29, 1.82) is 0 Å². The van der Waals surface area contributed by atoms with E-state index in [0.717, 1.165) is 33.8 Å². The fraction of sp³-hybridized carbons (Fsp3) is 0.240. The minimum absolute atomic E-state index is 0.0354. The first-order chi connectivity index (χ1) is 14.8. The van der Waals surface area contributed by atoms with Gasteiger partial charge in [0.25, 0.3) is 0 Å². The van der Waals surface area contributed by atoms with E-state index in [-0.39, 0.29) is 11.7 Å². The molecule has 0 aliphatic rings. The summed E-state index contributed by atoms with van der Waals surface area (Å²) in [6.07, 6.45) is 2.54. The first-order valence-electron chi connectivity index (χ1n) is 10.3.